The number of nitrogens with one attached hydrogen (secondary N) is 3. The van der Waals surface area contributed by atoms with E-state index in [1.54, 1.807) is 6.20 Å². The molecule has 0 saturated heterocycles. The molecule has 0 aliphatic heterocycles. The number of carbonyl (C=O) groups is 3. The number of carboxylic acids is 1. The summed E-state index contributed by atoms with van der Waals surface area (Å²) < 4.78 is 0. The third kappa shape index (κ3) is 5.44. The number of hydrogen-bond donors (Lipinski definition) is 4. The number of hydrogen-bond acceptors (Lipinski definition) is 5. The molecular weight excluding hydrogens is 434 g/mol. The lowest BCUT2D eigenvalue weighted by Gasteiger charge is -2.21. The van der Waals surface area contributed by atoms with Crippen molar-refractivity contribution in [1.82, 2.24) is 25.6 Å². The van der Waals surface area contributed by atoms with Crippen LogP contribution in [0.5, 0.6) is 0 Å². The standard InChI is InChI=1S/C25H23N5O4/c31-23(30-21(25(33)34)13-17-14-28-19-9-5-4-8-18(17)19)20(12-16-6-2-1-3-7-16)29-24(32)22-15-26-10-11-27-22/h1-11,14-15,20-21,28H,12-13H2,(H,29,32)(H,30,31)(H,33,34)/t20-,21-/m0/s1. The third-order valence-corrected chi connectivity index (χ3v) is 5.41. The zero-order valence-corrected chi connectivity index (χ0v) is 18.1. The molecule has 4 N–H and O–H groups in total. The first-order valence-electron chi connectivity index (χ1n) is 10.7. The Morgan fingerprint density at radius 2 is 1.68 bits per heavy atom. The van der Waals surface area contributed by atoms with E-state index in [-0.39, 0.29) is 18.5 Å². The number of para-hydroxylation sites is 1. The van der Waals surface area contributed by atoms with Gasteiger partial charge in [-0.25, -0.2) is 9.78 Å². The number of fused-ring (bicyclic) bond motifs is 1. The van der Waals surface area contributed by atoms with Crippen molar-refractivity contribution in [1.29, 1.82) is 0 Å². The molecule has 2 amide bonds. The Morgan fingerprint density at radius 1 is 0.912 bits per heavy atom. The second kappa shape index (κ2) is 10.4. The highest BCUT2D eigenvalue weighted by Crippen LogP contribution is 2.19. The van der Waals surface area contributed by atoms with Gasteiger partial charge in [0.15, 0.2) is 0 Å². The lowest BCUT2D eigenvalue weighted by atomic mass is 10.0. The molecule has 9 nitrogen and oxygen atoms in total. The van der Waals surface area contributed by atoms with Crippen molar-refractivity contribution in [2.45, 2.75) is 24.9 Å². The van der Waals surface area contributed by atoms with E-state index in [0.29, 0.717) is 0 Å². The van der Waals surface area contributed by atoms with Gasteiger partial charge in [-0.3, -0.25) is 14.6 Å². The van der Waals surface area contributed by atoms with Gasteiger partial charge in [-0.1, -0.05) is 48.5 Å². The Kier molecular flexibility index (Phi) is 6.92. The first-order chi connectivity index (χ1) is 16.5. The molecule has 0 unspecified atom stereocenters. The normalized spacial score (nSPS) is 12.6. The van der Waals surface area contributed by atoms with Crippen LogP contribution >= 0.6 is 0 Å². The summed E-state index contributed by atoms with van der Waals surface area (Å²) in [5.74, 6) is -2.35. The molecule has 172 valence electrons. The summed E-state index contributed by atoms with van der Waals surface area (Å²) in [7, 11) is 0. The fourth-order valence-electron chi connectivity index (χ4n) is 3.70. The molecule has 0 aliphatic carbocycles. The number of rotatable bonds is 9. The van der Waals surface area contributed by atoms with Gasteiger partial charge in [0.25, 0.3) is 5.91 Å². The predicted molar refractivity (Wildman–Crippen MR) is 125 cm³/mol. The maximum atomic E-state index is 13.2. The highest BCUT2D eigenvalue weighted by Gasteiger charge is 2.28. The quantitative estimate of drug-likeness (QED) is 0.304. The number of aromatic nitrogens is 3. The number of aliphatic carboxylic acids is 1. The van der Waals surface area contributed by atoms with Crippen LogP contribution in [-0.4, -0.2) is 49.9 Å². The number of carboxylic acid groups (broad SMARTS) is 1. The Morgan fingerprint density at radius 3 is 2.41 bits per heavy atom. The van der Waals surface area contributed by atoms with E-state index in [2.05, 4.69) is 25.6 Å². The van der Waals surface area contributed by atoms with Crippen LogP contribution in [0.15, 0.2) is 79.4 Å². The van der Waals surface area contributed by atoms with E-state index < -0.39 is 29.9 Å². The minimum atomic E-state index is -1.18. The summed E-state index contributed by atoms with van der Waals surface area (Å²) in [6.45, 7) is 0. The monoisotopic (exact) mass is 457 g/mol. The minimum absolute atomic E-state index is 0.0574. The van der Waals surface area contributed by atoms with Crippen molar-refractivity contribution in [2.24, 2.45) is 0 Å². The summed E-state index contributed by atoms with van der Waals surface area (Å²) >= 11 is 0. The smallest absolute Gasteiger partial charge is 0.326 e. The fourth-order valence-corrected chi connectivity index (χ4v) is 3.70. The zero-order valence-electron chi connectivity index (χ0n) is 18.1. The van der Waals surface area contributed by atoms with Crippen LogP contribution in [0.25, 0.3) is 10.9 Å². The molecule has 2 aromatic heterocycles. The van der Waals surface area contributed by atoms with E-state index in [1.807, 2.05) is 54.6 Å². The molecule has 2 heterocycles. The van der Waals surface area contributed by atoms with Gasteiger partial charge in [0.05, 0.1) is 6.20 Å². The van der Waals surface area contributed by atoms with Crippen LogP contribution in [0.3, 0.4) is 0 Å². The van der Waals surface area contributed by atoms with Gasteiger partial charge in [-0.05, 0) is 17.2 Å². The van der Waals surface area contributed by atoms with Crippen LogP contribution < -0.4 is 10.6 Å². The summed E-state index contributed by atoms with van der Waals surface area (Å²) in [6, 6.07) is 14.5. The molecule has 0 saturated carbocycles. The molecule has 0 aliphatic rings. The van der Waals surface area contributed by atoms with Crippen molar-refractivity contribution in [3.8, 4) is 0 Å². The SMILES string of the molecule is O=C(N[C@@H](Cc1ccccc1)C(=O)N[C@@H](Cc1c[nH]c2ccccc12)C(=O)O)c1cnccn1. The van der Waals surface area contributed by atoms with E-state index in [0.717, 1.165) is 22.0 Å². The van der Waals surface area contributed by atoms with Crippen LogP contribution in [0.2, 0.25) is 0 Å². The van der Waals surface area contributed by atoms with Gasteiger partial charge in [-0.2, -0.15) is 0 Å². The van der Waals surface area contributed by atoms with Crippen LogP contribution in [0, 0.1) is 0 Å². The molecule has 4 rings (SSSR count). The molecule has 0 fully saturated rings. The Hall–Kier alpha value is -4.53. The highest BCUT2D eigenvalue weighted by molar-refractivity contribution is 5.97. The Balaban J connectivity index is 1.53. The zero-order chi connectivity index (χ0) is 23.9. The summed E-state index contributed by atoms with van der Waals surface area (Å²) in [5, 5.41) is 15.9. The minimum Gasteiger partial charge on any atom is -0.480 e. The first-order valence-corrected chi connectivity index (χ1v) is 10.7. The molecular formula is C25H23N5O4. The molecule has 4 aromatic rings. The average molecular weight is 457 g/mol. The van der Waals surface area contributed by atoms with Gasteiger partial charge < -0.3 is 20.7 Å². The lowest BCUT2D eigenvalue weighted by Crippen LogP contribution is -2.53. The molecule has 2 aromatic carbocycles. The van der Waals surface area contributed by atoms with Crippen LogP contribution in [0.4, 0.5) is 0 Å². The van der Waals surface area contributed by atoms with Crippen molar-refractivity contribution in [3.63, 3.8) is 0 Å². The highest BCUT2D eigenvalue weighted by atomic mass is 16.4. The Labute approximate surface area is 195 Å². The van der Waals surface area contributed by atoms with E-state index >= 15 is 0 Å². The number of nitrogens with zero attached hydrogens (tertiary/aromatic N) is 2. The van der Waals surface area contributed by atoms with Gasteiger partial charge in [0.1, 0.15) is 17.8 Å². The second-order valence-electron chi connectivity index (χ2n) is 7.77. The summed E-state index contributed by atoms with van der Waals surface area (Å²) in [6.07, 6.45) is 6.11. The maximum absolute atomic E-state index is 13.2. The van der Waals surface area contributed by atoms with Crippen molar-refractivity contribution in [3.05, 3.63) is 96.2 Å². The van der Waals surface area contributed by atoms with E-state index in [1.165, 1.54) is 18.6 Å². The van der Waals surface area contributed by atoms with Crippen LogP contribution in [-0.2, 0) is 22.4 Å². The number of aromatic amines is 1. The molecule has 0 bridgehead atoms. The molecule has 9 heteroatoms. The summed E-state index contributed by atoms with van der Waals surface area (Å²) in [4.78, 5) is 48.8. The lowest BCUT2D eigenvalue weighted by molar-refractivity contribution is -0.142. The molecule has 0 radical (unpaired) electrons. The van der Waals surface area contributed by atoms with E-state index in [4.69, 9.17) is 0 Å². The maximum Gasteiger partial charge on any atom is 0.326 e. The van der Waals surface area contributed by atoms with Gasteiger partial charge in [0.2, 0.25) is 5.91 Å². The first kappa shape index (κ1) is 22.7. The van der Waals surface area contributed by atoms with Crippen LogP contribution in [0.1, 0.15) is 21.6 Å². The Bertz CT molecular complexity index is 1290. The van der Waals surface area contributed by atoms with Gasteiger partial charge in [-0.15, -0.1) is 0 Å². The fraction of sp³-hybridized carbons (Fsp3) is 0.160. The molecule has 34 heavy (non-hydrogen) atoms. The van der Waals surface area contributed by atoms with Gasteiger partial charge in [0, 0.05) is 42.3 Å². The third-order valence-electron chi connectivity index (χ3n) is 5.41. The van der Waals surface area contributed by atoms with Crippen molar-refractivity contribution >= 4 is 28.7 Å². The van der Waals surface area contributed by atoms with Crippen molar-refractivity contribution < 1.29 is 19.5 Å². The number of amides is 2. The second-order valence-corrected chi connectivity index (χ2v) is 7.77. The number of carbonyl (C=O) groups excluding carboxylic acids is 2. The topological polar surface area (TPSA) is 137 Å². The van der Waals surface area contributed by atoms with Crippen molar-refractivity contribution in [2.75, 3.05) is 0 Å². The predicted octanol–water partition coefficient (Wildman–Crippen LogP) is 2.11. The van der Waals surface area contributed by atoms with E-state index in [9.17, 15) is 19.5 Å². The number of H-pyrrole nitrogens is 1. The summed E-state index contributed by atoms with van der Waals surface area (Å²) in [5.41, 5.74) is 2.52. The van der Waals surface area contributed by atoms with Gasteiger partial charge >= 0.3 is 5.97 Å². The average Bonchev–Trinajstić information content (AvgIpc) is 3.27. The molecule has 0 spiro atoms. The molecule has 2 atom stereocenters. The largest absolute Gasteiger partial charge is 0.480 e. The number of benzene rings is 2.